The standard InChI is InChI=1S/C32H30ClNO4/c1-20-9-11-21(12-10-20)17-30(35)34-27-19-23(22-13-15-26(33)24(18-22)31(36)37)14-16-29(27)38-28-8-6-5-7-25(28)32(2,3)4/h5-16,18-19H,17H2,1-4H3,(H,34,35)(H,36,37). The van der Waals surface area contributed by atoms with Crippen molar-refractivity contribution < 1.29 is 19.4 Å². The van der Waals surface area contributed by atoms with Crippen molar-refractivity contribution in [3.05, 3.63) is 112 Å². The zero-order valence-corrected chi connectivity index (χ0v) is 22.6. The molecule has 0 heterocycles. The van der Waals surface area contributed by atoms with Gasteiger partial charge in [-0.1, -0.05) is 92.5 Å². The lowest BCUT2D eigenvalue weighted by Gasteiger charge is -2.23. The lowest BCUT2D eigenvalue weighted by atomic mass is 9.86. The van der Waals surface area contributed by atoms with Crippen molar-refractivity contribution in [3.63, 3.8) is 0 Å². The first-order chi connectivity index (χ1) is 18.0. The molecule has 6 heteroatoms. The van der Waals surface area contributed by atoms with E-state index in [1.54, 1.807) is 24.3 Å². The van der Waals surface area contributed by atoms with Gasteiger partial charge in [0.2, 0.25) is 5.91 Å². The van der Waals surface area contributed by atoms with Crippen LogP contribution in [0.3, 0.4) is 0 Å². The predicted molar refractivity (Wildman–Crippen MR) is 153 cm³/mol. The molecule has 4 aromatic rings. The van der Waals surface area contributed by atoms with Gasteiger partial charge in [-0.3, -0.25) is 4.79 Å². The van der Waals surface area contributed by atoms with Crippen LogP contribution in [0.4, 0.5) is 5.69 Å². The first-order valence-electron chi connectivity index (χ1n) is 12.3. The van der Waals surface area contributed by atoms with Crippen LogP contribution in [0.2, 0.25) is 5.02 Å². The Bertz CT molecular complexity index is 1490. The van der Waals surface area contributed by atoms with Crippen LogP contribution < -0.4 is 10.1 Å². The lowest BCUT2D eigenvalue weighted by Crippen LogP contribution is -2.15. The van der Waals surface area contributed by atoms with Gasteiger partial charge in [-0.25, -0.2) is 4.79 Å². The Balaban J connectivity index is 1.73. The maximum atomic E-state index is 13.1. The smallest absolute Gasteiger partial charge is 0.337 e. The number of carbonyl (C=O) groups excluding carboxylic acids is 1. The number of carboxylic acid groups (broad SMARTS) is 1. The van der Waals surface area contributed by atoms with E-state index in [0.717, 1.165) is 16.7 Å². The molecule has 2 N–H and O–H groups in total. The largest absolute Gasteiger partial charge is 0.478 e. The van der Waals surface area contributed by atoms with Crippen LogP contribution in [-0.2, 0) is 16.6 Å². The summed E-state index contributed by atoms with van der Waals surface area (Å²) in [7, 11) is 0. The second kappa shape index (κ2) is 11.1. The van der Waals surface area contributed by atoms with Crippen molar-refractivity contribution >= 4 is 29.2 Å². The summed E-state index contributed by atoms with van der Waals surface area (Å²) < 4.78 is 6.38. The number of aromatic carboxylic acids is 1. The van der Waals surface area contributed by atoms with Crippen molar-refractivity contribution in [2.75, 3.05) is 5.32 Å². The van der Waals surface area contributed by atoms with E-state index in [2.05, 4.69) is 26.1 Å². The Morgan fingerprint density at radius 2 is 1.53 bits per heavy atom. The minimum absolute atomic E-state index is 0.00792. The van der Waals surface area contributed by atoms with Gasteiger partial charge in [-0.05, 0) is 59.4 Å². The summed E-state index contributed by atoms with van der Waals surface area (Å²) in [6, 6.07) is 25.9. The number of hydrogen-bond acceptors (Lipinski definition) is 3. The second-order valence-electron chi connectivity index (χ2n) is 10.3. The van der Waals surface area contributed by atoms with Gasteiger partial charge in [0.25, 0.3) is 0 Å². The Morgan fingerprint density at radius 3 is 2.21 bits per heavy atom. The summed E-state index contributed by atoms with van der Waals surface area (Å²) in [4.78, 5) is 24.7. The van der Waals surface area contributed by atoms with E-state index in [-0.39, 0.29) is 28.3 Å². The van der Waals surface area contributed by atoms with Crippen LogP contribution in [0.1, 0.15) is 47.8 Å². The molecule has 0 spiro atoms. The minimum atomic E-state index is -1.11. The average molecular weight is 528 g/mol. The normalized spacial score (nSPS) is 11.2. The molecular weight excluding hydrogens is 498 g/mol. The molecule has 4 aromatic carbocycles. The topological polar surface area (TPSA) is 75.6 Å². The van der Waals surface area contributed by atoms with E-state index in [1.165, 1.54) is 6.07 Å². The molecule has 38 heavy (non-hydrogen) atoms. The minimum Gasteiger partial charge on any atom is -0.478 e. The van der Waals surface area contributed by atoms with Crippen molar-refractivity contribution in [3.8, 4) is 22.6 Å². The maximum absolute atomic E-state index is 13.1. The zero-order chi connectivity index (χ0) is 27.4. The third-order valence-electron chi connectivity index (χ3n) is 6.18. The molecule has 0 saturated heterocycles. The molecule has 0 bridgehead atoms. The van der Waals surface area contributed by atoms with Gasteiger partial charge < -0.3 is 15.2 Å². The number of ether oxygens (including phenoxy) is 1. The maximum Gasteiger partial charge on any atom is 0.337 e. The van der Waals surface area contributed by atoms with Crippen molar-refractivity contribution in [2.45, 2.75) is 39.5 Å². The fourth-order valence-electron chi connectivity index (χ4n) is 4.14. The number of carboxylic acids is 1. The van der Waals surface area contributed by atoms with Gasteiger partial charge in [-0.2, -0.15) is 0 Å². The molecule has 0 aromatic heterocycles. The Morgan fingerprint density at radius 1 is 0.868 bits per heavy atom. The van der Waals surface area contributed by atoms with Crippen LogP contribution in [-0.4, -0.2) is 17.0 Å². The van der Waals surface area contributed by atoms with Crippen molar-refractivity contribution in [1.29, 1.82) is 0 Å². The molecule has 0 unspecified atom stereocenters. The van der Waals surface area contributed by atoms with Gasteiger partial charge in [0, 0.05) is 5.56 Å². The second-order valence-corrected chi connectivity index (χ2v) is 10.7. The van der Waals surface area contributed by atoms with E-state index >= 15 is 0 Å². The molecular formula is C32H30ClNO4. The number of halogens is 1. The van der Waals surface area contributed by atoms with Crippen molar-refractivity contribution in [2.24, 2.45) is 0 Å². The van der Waals surface area contributed by atoms with E-state index in [1.807, 2.05) is 61.5 Å². The SMILES string of the molecule is Cc1ccc(CC(=O)Nc2cc(-c3ccc(Cl)c(C(=O)O)c3)ccc2Oc2ccccc2C(C)(C)C)cc1. The fourth-order valence-corrected chi connectivity index (χ4v) is 4.34. The monoisotopic (exact) mass is 527 g/mol. The first-order valence-corrected chi connectivity index (χ1v) is 12.7. The van der Waals surface area contributed by atoms with Gasteiger partial charge in [0.05, 0.1) is 22.7 Å². The van der Waals surface area contributed by atoms with Crippen LogP contribution in [0.5, 0.6) is 11.5 Å². The van der Waals surface area contributed by atoms with Crippen molar-refractivity contribution in [1.82, 2.24) is 0 Å². The molecule has 5 nitrogen and oxygen atoms in total. The number of anilines is 1. The van der Waals surface area contributed by atoms with Crippen LogP contribution >= 0.6 is 11.6 Å². The molecule has 0 saturated carbocycles. The number of para-hydroxylation sites is 1. The van der Waals surface area contributed by atoms with E-state index in [9.17, 15) is 14.7 Å². The number of nitrogens with one attached hydrogen (secondary N) is 1. The summed E-state index contributed by atoms with van der Waals surface area (Å²) in [6.45, 7) is 8.34. The van der Waals surface area contributed by atoms with Gasteiger partial charge in [-0.15, -0.1) is 0 Å². The molecule has 0 aliphatic rings. The fraction of sp³-hybridized carbons (Fsp3) is 0.188. The molecule has 194 valence electrons. The van der Waals surface area contributed by atoms with Gasteiger partial charge >= 0.3 is 5.97 Å². The quantitative estimate of drug-likeness (QED) is 0.253. The number of rotatable bonds is 7. The molecule has 0 atom stereocenters. The molecule has 4 rings (SSSR count). The summed E-state index contributed by atoms with van der Waals surface area (Å²) in [5.74, 6) is -0.124. The highest BCUT2D eigenvalue weighted by Crippen LogP contribution is 2.39. The highest BCUT2D eigenvalue weighted by molar-refractivity contribution is 6.33. The molecule has 1 amide bonds. The van der Waals surface area contributed by atoms with Crippen LogP contribution in [0.15, 0.2) is 84.9 Å². The first kappa shape index (κ1) is 27.0. The Labute approximate surface area is 228 Å². The van der Waals surface area contributed by atoms with Gasteiger partial charge in [0.1, 0.15) is 5.75 Å². The number of amides is 1. The number of carbonyl (C=O) groups is 2. The van der Waals surface area contributed by atoms with Crippen LogP contribution in [0.25, 0.3) is 11.1 Å². The van der Waals surface area contributed by atoms with E-state index in [4.69, 9.17) is 16.3 Å². The summed E-state index contributed by atoms with van der Waals surface area (Å²) in [5.41, 5.74) is 4.76. The highest BCUT2D eigenvalue weighted by atomic mass is 35.5. The summed E-state index contributed by atoms with van der Waals surface area (Å²) in [5, 5.41) is 12.7. The number of benzene rings is 4. The van der Waals surface area contributed by atoms with Gasteiger partial charge in [0.15, 0.2) is 5.75 Å². The lowest BCUT2D eigenvalue weighted by molar-refractivity contribution is -0.115. The molecule has 0 aliphatic heterocycles. The third kappa shape index (κ3) is 6.42. The van der Waals surface area contributed by atoms with Crippen LogP contribution in [0, 0.1) is 6.92 Å². The highest BCUT2D eigenvalue weighted by Gasteiger charge is 2.20. The predicted octanol–water partition coefficient (Wildman–Crippen LogP) is 8.28. The molecule has 0 radical (unpaired) electrons. The summed E-state index contributed by atoms with van der Waals surface area (Å²) in [6.07, 6.45) is 0.201. The van der Waals surface area contributed by atoms with E-state index < -0.39 is 5.97 Å². The third-order valence-corrected chi connectivity index (χ3v) is 6.51. The Hall–Kier alpha value is -4.09. The summed E-state index contributed by atoms with van der Waals surface area (Å²) >= 11 is 6.07. The Kier molecular flexibility index (Phi) is 7.88. The zero-order valence-electron chi connectivity index (χ0n) is 21.8. The van der Waals surface area contributed by atoms with E-state index in [0.29, 0.717) is 28.3 Å². The molecule has 0 fully saturated rings. The molecule has 0 aliphatic carbocycles. The number of hydrogen-bond donors (Lipinski definition) is 2. The average Bonchev–Trinajstić information content (AvgIpc) is 2.86. The number of aryl methyl sites for hydroxylation is 1.